The molecule has 0 aliphatic heterocycles. The molecule has 0 aliphatic rings. The van der Waals surface area contributed by atoms with Crippen LogP contribution in [0.25, 0.3) is 0 Å². The third kappa shape index (κ3) is 9.36. The van der Waals surface area contributed by atoms with E-state index in [4.69, 9.17) is 9.05 Å². The van der Waals surface area contributed by atoms with Gasteiger partial charge in [0.25, 0.3) is 0 Å². The zero-order valence-corrected chi connectivity index (χ0v) is 16.7. The van der Waals surface area contributed by atoms with Gasteiger partial charge in [0.1, 0.15) is 0 Å². The Kier molecular flexibility index (Phi) is 10.2. The molecule has 0 saturated carbocycles. The summed E-state index contributed by atoms with van der Waals surface area (Å²) in [6.07, 6.45) is 0. The zero-order valence-electron chi connectivity index (χ0n) is 14.2. The maximum atomic E-state index is 12.6. The Morgan fingerprint density at radius 1 is 1.05 bits per heavy atom. The van der Waals surface area contributed by atoms with Crippen molar-refractivity contribution in [3.8, 4) is 0 Å². The number of carbonyl (C=O) groups is 2. The largest absolute Gasteiger partial charge is 0.333 e. The summed E-state index contributed by atoms with van der Waals surface area (Å²) in [5.41, 5.74) is -0.662. The van der Waals surface area contributed by atoms with Crippen molar-refractivity contribution in [3.05, 3.63) is 0 Å². The molecule has 0 aliphatic carbocycles. The van der Waals surface area contributed by atoms with Crippen molar-refractivity contribution in [2.75, 3.05) is 24.7 Å². The van der Waals surface area contributed by atoms with Crippen LogP contribution in [-0.4, -0.2) is 40.6 Å². The first-order valence-electron chi connectivity index (χ1n) is 7.18. The second-order valence-electron chi connectivity index (χ2n) is 6.03. The molecule has 5 nitrogen and oxygen atoms in total. The Hall–Kier alpha value is 0.190. The maximum Gasteiger partial charge on any atom is 0.333 e. The highest BCUT2D eigenvalue weighted by atomic mass is 32.2. The van der Waals surface area contributed by atoms with Gasteiger partial charge in [-0.15, -0.1) is 0 Å². The normalized spacial score (nSPS) is 14.9. The van der Waals surface area contributed by atoms with Gasteiger partial charge < -0.3 is 9.05 Å². The summed E-state index contributed by atoms with van der Waals surface area (Å²) >= 11 is 2.31. The van der Waals surface area contributed by atoms with Crippen molar-refractivity contribution >= 4 is 41.4 Å². The van der Waals surface area contributed by atoms with Gasteiger partial charge in [-0.2, -0.15) is 0 Å². The van der Waals surface area contributed by atoms with E-state index in [1.807, 2.05) is 20.8 Å². The molecule has 8 heteroatoms. The molecule has 0 N–H and O–H groups in total. The lowest BCUT2D eigenvalue weighted by molar-refractivity contribution is -0.117. The molecule has 0 aromatic carbocycles. The van der Waals surface area contributed by atoms with Crippen LogP contribution in [0, 0.1) is 5.41 Å². The van der Waals surface area contributed by atoms with E-state index in [9.17, 15) is 14.2 Å². The summed E-state index contributed by atoms with van der Waals surface area (Å²) in [6.45, 7) is 11.0. The fraction of sp³-hybridized carbons (Fsp3) is 0.857. The average Bonchev–Trinajstić information content (AvgIpc) is 2.38. The van der Waals surface area contributed by atoms with Crippen LogP contribution < -0.4 is 0 Å². The van der Waals surface area contributed by atoms with Crippen LogP contribution in [0.15, 0.2) is 0 Å². The molecular formula is C14H27O5PS2. The number of hydrogen-bond acceptors (Lipinski definition) is 7. The van der Waals surface area contributed by atoms with Gasteiger partial charge in [0.2, 0.25) is 0 Å². The molecule has 0 radical (unpaired) electrons. The molecule has 0 heterocycles. The minimum absolute atomic E-state index is 0.000917. The maximum absolute atomic E-state index is 12.6. The van der Waals surface area contributed by atoms with Gasteiger partial charge in [-0.05, 0) is 0 Å². The van der Waals surface area contributed by atoms with Gasteiger partial charge in [0.05, 0.1) is 18.9 Å². The average molecular weight is 370 g/mol. The van der Waals surface area contributed by atoms with Gasteiger partial charge in [0, 0.05) is 23.8 Å². The molecule has 0 rings (SSSR count). The topological polar surface area (TPSA) is 69.7 Å². The van der Waals surface area contributed by atoms with Crippen LogP contribution in [0.3, 0.4) is 0 Å². The number of hydrogen-bond donors (Lipinski definition) is 0. The SMILES string of the molecule is CC(=O)SCCOP(=O)(OCCSC(=O)C(C)(C)C)C(C)C. The van der Waals surface area contributed by atoms with Gasteiger partial charge in [-0.1, -0.05) is 58.1 Å². The first-order chi connectivity index (χ1) is 9.99. The molecule has 1 atom stereocenters. The molecule has 130 valence electrons. The highest BCUT2D eigenvalue weighted by molar-refractivity contribution is 8.13. The number of thioether (sulfide) groups is 2. The molecule has 0 amide bonds. The summed E-state index contributed by atoms with van der Waals surface area (Å²) in [7, 11) is -3.20. The third-order valence-electron chi connectivity index (χ3n) is 2.49. The summed E-state index contributed by atoms with van der Waals surface area (Å²) < 4.78 is 23.4. The molecule has 0 aromatic heterocycles. The predicted octanol–water partition coefficient (Wildman–Crippen LogP) is 4.21. The van der Waals surface area contributed by atoms with Crippen molar-refractivity contribution in [1.29, 1.82) is 0 Å². The Balaban J connectivity index is 4.21. The summed E-state index contributed by atoms with van der Waals surface area (Å²) in [5.74, 6) is 0.894. The monoisotopic (exact) mass is 370 g/mol. The summed E-state index contributed by atoms with van der Waals surface area (Å²) in [5, 5.41) is 0.0789. The predicted molar refractivity (Wildman–Crippen MR) is 94.7 cm³/mol. The standard InChI is InChI=1S/C14H27O5PS2/c1-11(2)20(17,18-7-9-21-12(3)15)19-8-10-22-13(16)14(4,5)6/h11H,7-10H2,1-6H3. The van der Waals surface area contributed by atoms with E-state index >= 15 is 0 Å². The quantitative estimate of drug-likeness (QED) is 0.445. The van der Waals surface area contributed by atoms with Crippen LogP contribution >= 0.6 is 31.1 Å². The van der Waals surface area contributed by atoms with Crippen molar-refractivity contribution in [2.45, 2.75) is 47.2 Å². The summed E-state index contributed by atoms with van der Waals surface area (Å²) in [6, 6.07) is 0. The van der Waals surface area contributed by atoms with E-state index < -0.39 is 13.0 Å². The lowest BCUT2D eigenvalue weighted by atomic mass is 10.00. The fourth-order valence-electron chi connectivity index (χ4n) is 1.20. The second-order valence-corrected chi connectivity index (χ2v) is 11.0. The van der Waals surface area contributed by atoms with Crippen LogP contribution in [0.5, 0.6) is 0 Å². The first kappa shape index (κ1) is 22.2. The number of carbonyl (C=O) groups excluding carboxylic acids is 2. The van der Waals surface area contributed by atoms with Crippen LogP contribution in [-0.2, 0) is 23.2 Å². The Bertz CT molecular complexity index is 418. The van der Waals surface area contributed by atoms with Crippen LogP contribution in [0.1, 0.15) is 41.5 Å². The van der Waals surface area contributed by atoms with Crippen molar-refractivity contribution in [2.24, 2.45) is 5.41 Å². The Morgan fingerprint density at radius 2 is 1.50 bits per heavy atom. The smallest absolute Gasteiger partial charge is 0.308 e. The van der Waals surface area contributed by atoms with E-state index in [2.05, 4.69) is 0 Å². The molecule has 22 heavy (non-hydrogen) atoms. The highest BCUT2D eigenvalue weighted by Crippen LogP contribution is 2.52. The molecular weight excluding hydrogens is 343 g/mol. The van der Waals surface area contributed by atoms with E-state index in [0.29, 0.717) is 11.5 Å². The lowest BCUT2D eigenvalue weighted by Gasteiger charge is -2.22. The molecule has 0 bridgehead atoms. The summed E-state index contributed by atoms with van der Waals surface area (Å²) in [4.78, 5) is 22.6. The van der Waals surface area contributed by atoms with Crippen LogP contribution in [0.4, 0.5) is 0 Å². The number of rotatable bonds is 9. The van der Waals surface area contributed by atoms with Crippen molar-refractivity contribution in [3.63, 3.8) is 0 Å². The highest BCUT2D eigenvalue weighted by Gasteiger charge is 2.29. The Morgan fingerprint density at radius 3 is 1.86 bits per heavy atom. The van der Waals surface area contributed by atoms with Crippen molar-refractivity contribution < 1.29 is 23.2 Å². The second kappa shape index (κ2) is 10.1. The third-order valence-corrected chi connectivity index (χ3v) is 6.86. The molecule has 0 saturated heterocycles. The minimum atomic E-state index is -3.20. The molecule has 0 aromatic rings. The molecule has 1 unspecified atom stereocenters. The van der Waals surface area contributed by atoms with Crippen LogP contribution in [0.2, 0.25) is 0 Å². The van der Waals surface area contributed by atoms with Gasteiger partial charge in [-0.25, -0.2) is 0 Å². The van der Waals surface area contributed by atoms with E-state index in [1.54, 1.807) is 13.8 Å². The molecule has 0 spiro atoms. The first-order valence-corrected chi connectivity index (χ1v) is 10.8. The molecule has 0 fully saturated rings. The van der Waals surface area contributed by atoms with Gasteiger partial charge >= 0.3 is 7.60 Å². The Labute approximate surface area is 142 Å². The van der Waals surface area contributed by atoms with Gasteiger partial charge in [-0.3, -0.25) is 14.2 Å². The van der Waals surface area contributed by atoms with E-state index in [0.717, 1.165) is 11.8 Å². The minimum Gasteiger partial charge on any atom is -0.308 e. The zero-order chi connectivity index (χ0) is 17.4. The fourth-order valence-corrected chi connectivity index (χ4v) is 4.05. The lowest BCUT2D eigenvalue weighted by Crippen LogP contribution is -2.18. The van der Waals surface area contributed by atoms with Gasteiger partial charge in [0.15, 0.2) is 10.2 Å². The van der Waals surface area contributed by atoms with E-state index in [1.165, 1.54) is 18.7 Å². The van der Waals surface area contributed by atoms with E-state index in [-0.39, 0.29) is 29.1 Å². The van der Waals surface area contributed by atoms with Crippen molar-refractivity contribution in [1.82, 2.24) is 0 Å².